The lowest BCUT2D eigenvalue weighted by molar-refractivity contribution is -0.115. The maximum absolute atomic E-state index is 12.6. The van der Waals surface area contributed by atoms with Crippen LogP contribution in [0.15, 0.2) is 41.7 Å². The maximum Gasteiger partial charge on any atom is 0.238 e. The van der Waals surface area contributed by atoms with E-state index in [0.29, 0.717) is 11.0 Å². The quantitative estimate of drug-likeness (QED) is 0.656. The molecule has 1 N–H and O–H groups in total. The fourth-order valence-electron chi connectivity index (χ4n) is 2.74. The van der Waals surface area contributed by atoms with Crippen molar-refractivity contribution in [3.05, 3.63) is 42.1 Å². The number of hydrogen-bond acceptors (Lipinski definition) is 5. The zero-order valence-corrected chi connectivity index (χ0v) is 17.0. The molecule has 0 aliphatic rings. The van der Waals surface area contributed by atoms with Crippen LogP contribution in [-0.4, -0.2) is 35.7 Å². The highest BCUT2D eigenvalue weighted by atomic mass is 32.2. The molecule has 27 heavy (non-hydrogen) atoms. The minimum Gasteiger partial charge on any atom is -0.310 e. The average molecular weight is 385 g/mol. The van der Waals surface area contributed by atoms with Crippen LogP contribution in [0.1, 0.15) is 32.4 Å². The number of benzene rings is 1. The van der Waals surface area contributed by atoms with Gasteiger partial charge in [-0.15, -0.1) is 10.2 Å². The number of aromatic nitrogens is 5. The summed E-state index contributed by atoms with van der Waals surface area (Å²) in [5.74, 6) is 1.39. The van der Waals surface area contributed by atoms with Gasteiger partial charge in [-0.05, 0) is 33.3 Å². The Bertz CT molecular complexity index is 945. The molecule has 0 spiro atoms. The molecule has 2 heterocycles. The first-order valence-electron chi connectivity index (χ1n) is 8.85. The smallest absolute Gasteiger partial charge is 0.238 e. The Kier molecular flexibility index (Phi) is 5.65. The van der Waals surface area contributed by atoms with Crippen molar-refractivity contribution in [2.24, 2.45) is 7.05 Å². The third-order valence-corrected chi connectivity index (χ3v) is 5.42. The molecule has 0 radical (unpaired) electrons. The van der Waals surface area contributed by atoms with Gasteiger partial charge in [0, 0.05) is 24.7 Å². The zero-order valence-electron chi connectivity index (χ0n) is 16.2. The van der Waals surface area contributed by atoms with E-state index in [1.54, 1.807) is 16.9 Å². The minimum atomic E-state index is -0.326. The molecule has 1 amide bonds. The summed E-state index contributed by atoms with van der Waals surface area (Å²) in [5.41, 5.74) is 2.18. The highest BCUT2D eigenvalue weighted by molar-refractivity contribution is 8.00. The minimum absolute atomic E-state index is 0.0946. The Morgan fingerprint density at radius 1 is 1.15 bits per heavy atom. The summed E-state index contributed by atoms with van der Waals surface area (Å²) >= 11 is 1.38. The highest BCUT2D eigenvalue weighted by Crippen LogP contribution is 2.27. The first-order valence-corrected chi connectivity index (χ1v) is 9.73. The first kappa shape index (κ1) is 19.2. The zero-order chi connectivity index (χ0) is 19.6. The Morgan fingerprint density at radius 2 is 1.89 bits per heavy atom. The molecule has 2 aromatic heterocycles. The second-order valence-electron chi connectivity index (χ2n) is 6.68. The molecule has 0 bridgehead atoms. The molecule has 3 rings (SSSR count). The predicted octanol–water partition coefficient (Wildman–Crippen LogP) is 3.69. The number of nitrogens with one attached hydrogen (secondary N) is 1. The predicted molar refractivity (Wildman–Crippen MR) is 108 cm³/mol. The van der Waals surface area contributed by atoms with Gasteiger partial charge in [0.25, 0.3) is 0 Å². The molecule has 1 aromatic carbocycles. The van der Waals surface area contributed by atoms with Crippen molar-refractivity contribution in [2.75, 3.05) is 5.32 Å². The van der Waals surface area contributed by atoms with Gasteiger partial charge in [-0.1, -0.05) is 36.0 Å². The van der Waals surface area contributed by atoms with Gasteiger partial charge in [-0.3, -0.25) is 4.79 Å². The largest absolute Gasteiger partial charge is 0.310 e. The van der Waals surface area contributed by atoms with Gasteiger partial charge in [-0.2, -0.15) is 5.10 Å². The topological polar surface area (TPSA) is 77.6 Å². The lowest BCUT2D eigenvalue weighted by atomic mass is 10.1. The maximum atomic E-state index is 12.6. The van der Waals surface area contributed by atoms with Crippen LogP contribution in [0, 0.1) is 6.92 Å². The molecule has 7 nitrogen and oxygen atoms in total. The van der Waals surface area contributed by atoms with Gasteiger partial charge in [-0.25, -0.2) is 4.68 Å². The third kappa shape index (κ3) is 4.05. The number of carbonyl (C=O) groups is 1. The second-order valence-corrected chi connectivity index (χ2v) is 7.99. The van der Waals surface area contributed by atoms with Crippen LogP contribution in [0.4, 0.5) is 5.82 Å². The van der Waals surface area contributed by atoms with Crippen LogP contribution < -0.4 is 5.32 Å². The summed E-state index contributed by atoms with van der Waals surface area (Å²) in [7, 11) is 1.92. The number of aryl methyl sites for hydroxylation is 1. The fraction of sp³-hybridized carbons (Fsp3) is 0.368. The van der Waals surface area contributed by atoms with Crippen LogP contribution in [0.3, 0.4) is 0 Å². The van der Waals surface area contributed by atoms with Crippen molar-refractivity contribution in [2.45, 2.75) is 44.1 Å². The van der Waals surface area contributed by atoms with Gasteiger partial charge < -0.3 is 9.88 Å². The Balaban J connectivity index is 1.73. The first-order chi connectivity index (χ1) is 12.9. The highest BCUT2D eigenvalue weighted by Gasteiger charge is 2.21. The number of amides is 1. The summed E-state index contributed by atoms with van der Waals surface area (Å²) in [6.07, 6.45) is 1.69. The van der Waals surface area contributed by atoms with Gasteiger partial charge in [0.1, 0.15) is 5.82 Å². The summed E-state index contributed by atoms with van der Waals surface area (Å²) in [5, 5.41) is 16.2. The van der Waals surface area contributed by atoms with Crippen LogP contribution in [0.5, 0.6) is 0 Å². The van der Waals surface area contributed by atoms with Crippen LogP contribution in [0.2, 0.25) is 0 Å². The number of nitrogens with zero attached hydrogens (tertiary/aromatic N) is 5. The number of rotatable bonds is 6. The van der Waals surface area contributed by atoms with Crippen LogP contribution in [0.25, 0.3) is 11.4 Å². The molecular weight excluding hydrogens is 360 g/mol. The fourth-order valence-corrected chi connectivity index (χ4v) is 3.55. The third-order valence-electron chi connectivity index (χ3n) is 4.28. The lowest BCUT2D eigenvalue weighted by Crippen LogP contribution is -2.25. The van der Waals surface area contributed by atoms with E-state index in [1.807, 2.05) is 63.6 Å². The SMILES string of the molecule is Cc1ccccc1-c1nnc(S[C@H](C)C(=O)Nc2ccnn2C(C)C)n1C. The van der Waals surface area contributed by atoms with E-state index in [4.69, 9.17) is 0 Å². The molecular formula is C19H24N6OS. The molecule has 0 saturated heterocycles. The summed E-state index contributed by atoms with van der Waals surface area (Å²) in [4.78, 5) is 12.6. The molecule has 3 aromatic rings. The Hall–Kier alpha value is -2.61. The monoisotopic (exact) mass is 384 g/mol. The molecule has 0 aliphatic carbocycles. The number of hydrogen-bond donors (Lipinski definition) is 1. The van der Waals surface area contributed by atoms with E-state index < -0.39 is 0 Å². The Morgan fingerprint density at radius 3 is 2.59 bits per heavy atom. The summed E-state index contributed by atoms with van der Waals surface area (Å²) in [6.45, 7) is 7.95. The van der Waals surface area contributed by atoms with Crippen molar-refractivity contribution >= 4 is 23.5 Å². The standard InChI is InChI=1S/C19H24N6OS/c1-12(2)25-16(10-11-20-25)21-18(26)14(4)27-19-23-22-17(24(19)5)15-9-7-6-8-13(15)3/h6-12,14H,1-5H3,(H,21,26)/t14-/m1/s1. The van der Waals surface area contributed by atoms with Gasteiger partial charge in [0.05, 0.1) is 11.4 Å². The number of thioether (sulfide) groups is 1. The van der Waals surface area contributed by atoms with Gasteiger partial charge >= 0.3 is 0 Å². The van der Waals surface area contributed by atoms with Crippen molar-refractivity contribution in [3.63, 3.8) is 0 Å². The number of anilines is 1. The van der Waals surface area contributed by atoms with Gasteiger partial charge in [0.2, 0.25) is 5.91 Å². The molecule has 0 aliphatic heterocycles. The van der Waals surface area contributed by atoms with E-state index in [2.05, 4.69) is 20.6 Å². The van der Waals surface area contributed by atoms with E-state index in [0.717, 1.165) is 17.0 Å². The van der Waals surface area contributed by atoms with Crippen LogP contribution >= 0.6 is 11.8 Å². The molecule has 0 unspecified atom stereocenters. The van der Waals surface area contributed by atoms with Crippen molar-refractivity contribution in [1.29, 1.82) is 0 Å². The van der Waals surface area contributed by atoms with Crippen molar-refractivity contribution in [3.8, 4) is 11.4 Å². The molecule has 0 saturated carbocycles. The average Bonchev–Trinajstić information content (AvgIpc) is 3.23. The van der Waals surface area contributed by atoms with E-state index in [9.17, 15) is 4.79 Å². The molecule has 1 atom stereocenters. The number of carbonyl (C=O) groups excluding carboxylic acids is 1. The second kappa shape index (κ2) is 7.96. The normalized spacial score (nSPS) is 12.4. The lowest BCUT2D eigenvalue weighted by Gasteiger charge is -2.14. The summed E-state index contributed by atoms with van der Waals surface area (Å²) < 4.78 is 3.71. The molecule has 142 valence electrons. The van der Waals surface area contributed by atoms with Crippen molar-refractivity contribution < 1.29 is 4.79 Å². The van der Waals surface area contributed by atoms with Gasteiger partial charge in [0.15, 0.2) is 11.0 Å². The van der Waals surface area contributed by atoms with Crippen LogP contribution in [-0.2, 0) is 11.8 Å². The summed E-state index contributed by atoms with van der Waals surface area (Å²) in [6, 6.07) is 10.0. The van der Waals surface area contributed by atoms with E-state index >= 15 is 0 Å². The molecule has 0 fully saturated rings. The van der Waals surface area contributed by atoms with E-state index in [-0.39, 0.29) is 17.2 Å². The Labute approximate surface area is 163 Å². The van der Waals surface area contributed by atoms with Crippen molar-refractivity contribution in [1.82, 2.24) is 24.5 Å². The molecule has 8 heteroatoms. The van der Waals surface area contributed by atoms with E-state index in [1.165, 1.54) is 11.8 Å².